The van der Waals surface area contributed by atoms with E-state index < -0.39 is 0 Å². The van der Waals surface area contributed by atoms with E-state index in [2.05, 4.69) is 114 Å². The van der Waals surface area contributed by atoms with Crippen molar-refractivity contribution >= 4 is 33.1 Å². The third-order valence-electron chi connectivity index (χ3n) is 9.59. The molecule has 2 heterocycles. The fraction of sp³-hybridized carbons (Fsp3) is 0.154. The van der Waals surface area contributed by atoms with Crippen LogP contribution in [0.25, 0.3) is 21.5 Å². The fourth-order valence-electron chi connectivity index (χ4n) is 7.70. The lowest BCUT2D eigenvalue weighted by Gasteiger charge is -2.39. The molecule has 3 nitrogen and oxygen atoms in total. The number of rotatable bonds is 5. The maximum Gasteiger partial charge on any atom is 0.255 e. The number of benzene rings is 6. The number of nitrogens with zero attached hydrogens (tertiary/aromatic N) is 2. The van der Waals surface area contributed by atoms with E-state index in [1.165, 1.54) is 56.1 Å². The maximum atomic E-state index is 14.2. The Kier molecular flexibility index (Phi) is 6.04. The number of hydrogen-bond acceptors (Lipinski definition) is 2. The number of anilines is 1. The Hall–Kier alpha value is -4.96. The minimum Gasteiger partial charge on any atom is -0.346 e. The summed E-state index contributed by atoms with van der Waals surface area (Å²) in [4.78, 5) is 18.7. The minimum absolute atomic E-state index is 0.0551. The Morgan fingerprint density at radius 3 is 2.05 bits per heavy atom. The summed E-state index contributed by atoms with van der Waals surface area (Å²) in [7, 11) is 0. The van der Waals surface area contributed by atoms with Crippen LogP contribution in [-0.4, -0.2) is 23.5 Å². The molecule has 0 N–H and O–H groups in total. The topological polar surface area (TPSA) is 23.6 Å². The third-order valence-corrected chi connectivity index (χ3v) is 9.59. The predicted molar refractivity (Wildman–Crippen MR) is 172 cm³/mol. The zero-order valence-corrected chi connectivity index (χ0v) is 23.8. The highest BCUT2D eigenvalue weighted by Crippen LogP contribution is 2.55. The molecule has 4 heteroatoms. The number of hydrogen-bond donors (Lipinski definition) is 0. The summed E-state index contributed by atoms with van der Waals surface area (Å²) in [5.74, 6) is -0.394. The normalized spacial score (nSPS) is 19.1. The summed E-state index contributed by atoms with van der Waals surface area (Å²) < 4.78 is 13.9. The molecule has 0 bridgehead atoms. The Morgan fingerprint density at radius 1 is 0.698 bits per heavy atom. The van der Waals surface area contributed by atoms with Gasteiger partial charge in [0, 0.05) is 29.8 Å². The maximum absolute atomic E-state index is 14.2. The van der Waals surface area contributed by atoms with Gasteiger partial charge in [0.15, 0.2) is 0 Å². The molecule has 0 saturated carbocycles. The lowest BCUT2D eigenvalue weighted by atomic mass is 9.73. The van der Waals surface area contributed by atoms with Gasteiger partial charge in [0.05, 0.1) is 0 Å². The highest BCUT2D eigenvalue weighted by molar-refractivity contribution is 5.96. The molecule has 2 unspecified atom stereocenters. The van der Waals surface area contributed by atoms with Crippen LogP contribution in [0, 0.1) is 5.82 Å². The molecular weight excluding hydrogens is 531 g/mol. The fourth-order valence-corrected chi connectivity index (χ4v) is 7.70. The molecule has 2 aliphatic rings. The zero-order chi connectivity index (χ0) is 29.0. The van der Waals surface area contributed by atoms with E-state index in [1.807, 2.05) is 4.90 Å². The van der Waals surface area contributed by atoms with Crippen LogP contribution in [0.1, 0.15) is 33.5 Å². The second kappa shape index (κ2) is 10.1. The number of likely N-dealkylation sites (tertiary alicyclic amines) is 1. The van der Waals surface area contributed by atoms with Gasteiger partial charge < -0.3 is 9.80 Å². The Labute approximate surface area is 250 Å². The van der Waals surface area contributed by atoms with Crippen molar-refractivity contribution in [3.05, 3.63) is 162 Å². The van der Waals surface area contributed by atoms with Crippen molar-refractivity contribution in [3.63, 3.8) is 0 Å². The summed E-state index contributed by atoms with van der Waals surface area (Å²) in [6.45, 7) is 1.31. The molecular formula is C39H31FN2O. The first-order valence-electron chi connectivity index (χ1n) is 15.0. The molecule has 0 radical (unpaired) electrons. The van der Waals surface area contributed by atoms with Crippen molar-refractivity contribution in [1.29, 1.82) is 0 Å². The van der Waals surface area contributed by atoms with Crippen LogP contribution >= 0.6 is 0 Å². The van der Waals surface area contributed by atoms with E-state index in [9.17, 15) is 9.18 Å². The third kappa shape index (κ3) is 4.12. The number of carbonyl (C=O) groups excluding carboxylic acids is 1. The predicted octanol–water partition coefficient (Wildman–Crippen LogP) is 8.51. The van der Waals surface area contributed by atoms with Gasteiger partial charge in [0.1, 0.15) is 12.0 Å². The van der Waals surface area contributed by atoms with Crippen molar-refractivity contribution in [3.8, 4) is 0 Å². The molecule has 0 spiro atoms. The number of halogens is 1. The van der Waals surface area contributed by atoms with Gasteiger partial charge in [-0.1, -0.05) is 103 Å². The summed E-state index contributed by atoms with van der Waals surface area (Å²) in [5, 5.41) is 4.92. The Balaban J connectivity index is 1.30. The average molecular weight is 563 g/mol. The second-order valence-electron chi connectivity index (χ2n) is 11.9. The lowest BCUT2D eigenvalue weighted by Crippen LogP contribution is -2.52. The molecule has 1 saturated heterocycles. The van der Waals surface area contributed by atoms with Gasteiger partial charge >= 0.3 is 0 Å². The quantitative estimate of drug-likeness (QED) is 0.210. The zero-order valence-electron chi connectivity index (χ0n) is 23.8. The van der Waals surface area contributed by atoms with Gasteiger partial charge in [-0.2, -0.15) is 0 Å². The van der Waals surface area contributed by atoms with Crippen molar-refractivity contribution in [1.82, 2.24) is 4.90 Å². The van der Waals surface area contributed by atoms with Gasteiger partial charge in [-0.15, -0.1) is 0 Å². The molecule has 8 rings (SSSR count). The molecule has 1 fully saturated rings. The summed E-state index contributed by atoms with van der Waals surface area (Å²) in [6.07, 6.45) is 1.46. The van der Waals surface area contributed by atoms with Crippen LogP contribution in [0.3, 0.4) is 0 Å². The van der Waals surface area contributed by atoms with Crippen LogP contribution in [-0.2, 0) is 18.4 Å². The number of fused-ring (bicyclic) bond motifs is 5. The first-order valence-corrected chi connectivity index (χ1v) is 15.0. The van der Waals surface area contributed by atoms with E-state index in [0.717, 1.165) is 12.8 Å². The smallest absolute Gasteiger partial charge is 0.255 e. The monoisotopic (exact) mass is 562 g/mol. The lowest BCUT2D eigenvalue weighted by molar-refractivity contribution is 0.0709. The molecule has 0 aliphatic carbocycles. The van der Waals surface area contributed by atoms with Crippen molar-refractivity contribution in [2.24, 2.45) is 0 Å². The Morgan fingerprint density at radius 2 is 1.30 bits per heavy atom. The van der Waals surface area contributed by atoms with Crippen LogP contribution in [0.2, 0.25) is 0 Å². The molecule has 6 aromatic carbocycles. The molecule has 0 aromatic heterocycles. The van der Waals surface area contributed by atoms with Crippen LogP contribution in [0.15, 0.2) is 133 Å². The highest BCUT2D eigenvalue weighted by atomic mass is 19.1. The first kappa shape index (κ1) is 25.7. The van der Waals surface area contributed by atoms with Gasteiger partial charge in [-0.05, 0) is 81.4 Å². The summed E-state index contributed by atoms with van der Waals surface area (Å²) in [5.41, 5.74) is 5.21. The van der Waals surface area contributed by atoms with Crippen molar-refractivity contribution in [2.75, 3.05) is 11.4 Å². The average Bonchev–Trinajstić information content (AvgIpc) is 3.55. The minimum atomic E-state index is -0.339. The van der Waals surface area contributed by atoms with Crippen LogP contribution < -0.4 is 4.90 Å². The van der Waals surface area contributed by atoms with E-state index >= 15 is 0 Å². The highest BCUT2D eigenvalue weighted by Gasteiger charge is 2.58. The molecule has 43 heavy (non-hydrogen) atoms. The molecule has 1 amide bonds. The molecule has 6 aromatic rings. The van der Waals surface area contributed by atoms with Crippen LogP contribution in [0.4, 0.5) is 10.1 Å². The largest absolute Gasteiger partial charge is 0.346 e. The van der Waals surface area contributed by atoms with Gasteiger partial charge in [-0.25, -0.2) is 4.39 Å². The number of para-hydroxylation sites is 1. The van der Waals surface area contributed by atoms with E-state index in [1.54, 1.807) is 12.1 Å². The molecule has 210 valence electrons. The van der Waals surface area contributed by atoms with E-state index in [4.69, 9.17) is 0 Å². The summed E-state index contributed by atoms with van der Waals surface area (Å²) in [6, 6.07) is 44.8. The van der Waals surface area contributed by atoms with Gasteiger partial charge in [0.2, 0.25) is 0 Å². The van der Waals surface area contributed by atoms with Gasteiger partial charge in [0.25, 0.3) is 5.91 Å². The first-order chi connectivity index (χ1) is 21.1. The second-order valence-corrected chi connectivity index (χ2v) is 11.9. The van der Waals surface area contributed by atoms with Crippen molar-refractivity contribution in [2.45, 2.75) is 31.0 Å². The SMILES string of the molecule is O=C(c1ccc(F)cc1)N1CCC2(Cc3cccc4ccccc34)c3ccccc3N(Cc3cccc4ccccc34)C12. The standard InChI is InChI=1S/C39H31FN2O/c40-32-21-19-29(20-22-32)37(43)41-24-23-39(25-30-13-7-11-27-9-1-3-15-33(27)30)35-17-5-6-18-36(35)42(38(39)41)26-31-14-8-12-28-10-2-4-16-34(28)31/h1-22,38H,23-26H2. The Bertz CT molecular complexity index is 1990. The van der Waals surface area contributed by atoms with Crippen molar-refractivity contribution < 1.29 is 9.18 Å². The van der Waals surface area contributed by atoms with E-state index in [0.29, 0.717) is 18.7 Å². The molecule has 2 aliphatic heterocycles. The van der Waals surface area contributed by atoms with Crippen LogP contribution in [0.5, 0.6) is 0 Å². The summed E-state index contributed by atoms with van der Waals surface area (Å²) >= 11 is 0. The van der Waals surface area contributed by atoms with E-state index in [-0.39, 0.29) is 23.3 Å². The molecule has 2 atom stereocenters. The van der Waals surface area contributed by atoms with Gasteiger partial charge in [-0.3, -0.25) is 4.79 Å². The number of carbonyl (C=O) groups is 1. The number of amides is 1.